The van der Waals surface area contributed by atoms with Crippen molar-refractivity contribution in [2.45, 2.75) is 53.4 Å². The van der Waals surface area contributed by atoms with Crippen molar-refractivity contribution >= 4 is 0 Å². The lowest BCUT2D eigenvalue weighted by molar-refractivity contribution is 0.170. The molecular formula is C27H32N4O2. The molecule has 0 amide bonds. The molecule has 33 heavy (non-hydrogen) atoms. The van der Waals surface area contributed by atoms with Gasteiger partial charge in [-0.3, -0.25) is 0 Å². The third-order valence-electron chi connectivity index (χ3n) is 7.03. The average Bonchev–Trinajstić information content (AvgIpc) is 2.79. The molecule has 0 aromatic heterocycles. The third kappa shape index (κ3) is 4.05. The van der Waals surface area contributed by atoms with E-state index in [4.69, 9.17) is 15.2 Å². The van der Waals surface area contributed by atoms with Crippen molar-refractivity contribution in [3.63, 3.8) is 0 Å². The molecule has 0 spiro atoms. The highest BCUT2D eigenvalue weighted by Crippen LogP contribution is 2.58. The van der Waals surface area contributed by atoms with E-state index in [9.17, 15) is 15.8 Å². The maximum absolute atomic E-state index is 10.3. The quantitative estimate of drug-likeness (QED) is 0.654. The van der Waals surface area contributed by atoms with Crippen molar-refractivity contribution < 1.29 is 9.47 Å². The van der Waals surface area contributed by atoms with E-state index < -0.39 is 11.3 Å². The predicted octanol–water partition coefficient (Wildman–Crippen LogP) is 5.35. The number of rotatable bonds is 5. The van der Waals surface area contributed by atoms with Gasteiger partial charge in [-0.15, -0.1) is 0 Å². The van der Waals surface area contributed by atoms with Crippen LogP contribution in [0, 0.1) is 56.7 Å². The van der Waals surface area contributed by atoms with E-state index in [-0.39, 0.29) is 22.6 Å². The molecular weight excluding hydrogens is 412 g/mol. The summed E-state index contributed by atoms with van der Waals surface area (Å²) in [7, 11) is 0. The lowest BCUT2D eigenvalue weighted by Gasteiger charge is -2.47. The van der Waals surface area contributed by atoms with E-state index >= 15 is 0 Å². The Hall–Kier alpha value is -3.43. The zero-order chi connectivity index (χ0) is 24.4. The van der Waals surface area contributed by atoms with Crippen LogP contribution in [0.15, 0.2) is 41.1 Å². The number of fused-ring (bicyclic) bond motifs is 1. The molecule has 0 radical (unpaired) electrons. The molecule has 0 unspecified atom stereocenters. The Bertz CT molecular complexity index is 1090. The monoisotopic (exact) mass is 444 g/mol. The van der Waals surface area contributed by atoms with Crippen molar-refractivity contribution in [1.29, 1.82) is 15.8 Å². The van der Waals surface area contributed by atoms with Crippen molar-refractivity contribution in [3.05, 3.63) is 46.7 Å². The summed E-state index contributed by atoms with van der Waals surface area (Å²) in [6.45, 7) is 11.4. The molecule has 0 heterocycles. The maximum atomic E-state index is 10.3. The Labute approximate surface area is 196 Å². The summed E-state index contributed by atoms with van der Waals surface area (Å²) < 4.78 is 11.6. The Kier molecular flexibility index (Phi) is 6.76. The highest BCUT2D eigenvalue weighted by Gasteiger charge is 2.55. The number of hydrogen-bond donors (Lipinski definition) is 1. The minimum absolute atomic E-state index is 0.0450. The Balaban J connectivity index is 2.28. The van der Waals surface area contributed by atoms with Crippen LogP contribution < -0.4 is 15.2 Å². The van der Waals surface area contributed by atoms with E-state index in [0.29, 0.717) is 30.6 Å². The second-order valence-corrected chi connectivity index (χ2v) is 9.78. The maximum Gasteiger partial charge on any atom is 0.191 e. The van der Waals surface area contributed by atoms with Crippen LogP contribution >= 0.6 is 0 Å². The zero-order valence-electron chi connectivity index (χ0n) is 20.1. The molecule has 0 bridgehead atoms. The lowest BCUT2D eigenvalue weighted by atomic mass is 9.54. The lowest BCUT2D eigenvalue weighted by Crippen LogP contribution is -2.44. The van der Waals surface area contributed by atoms with Crippen LogP contribution in [0.3, 0.4) is 0 Å². The smallest absolute Gasteiger partial charge is 0.191 e. The summed E-state index contributed by atoms with van der Waals surface area (Å²) in [6, 6.07) is 12.2. The average molecular weight is 445 g/mol. The number of benzene rings is 1. The summed E-state index contributed by atoms with van der Waals surface area (Å²) >= 11 is 0. The first kappa shape index (κ1) is 24.2. The minimum Gasteiger partial charge on any atom is -0.490 e. The molecule has 172 valence electrons. The molecule has 1 aromatic rings. The molecule has 0 saturated carbocycles. The van der Waals surface area contributed by atoms with Crippen LogP contribution in [0.5, 0.6) is 11.5 Å². The van der Waals surface area contributed by atoms with Gasteiger partial charge in [-0.1, -0.05) is 32.9 Å². The third-order valence-corrected chi connectivity index (χ3v) is 7.03. The molecule has 2 aliphatic carbocycles. The second-order valence-electron chi connectivity index (χ2n) is 9.78. The summed E-state index contributed by atoms with van der Waals surface area (Å²) in [5.41, 5.74) is 6.80. The van der Waals surface area contributed by atoms with E-state index in [1.54, 1.807) is 0 Å². The molecule has 6 heteroatoms. The number of nitrogens with two attached hydrogens (primary N) is 1. The van der Waals surface area contributed by atoms with Crippen LogP contribution in [-0.4, -0.2) is 13.2 Å². The zero-order valence-corrected chi connectivity index (χ0v) is 20.1. The van der Waals surface area contributed by atoms with Gasteiger partial charge in [0.25, 0.3) is 0 Å². The van der Waals surface area contributed by atoms with E-state index in [0.717, 1.165) is 24.0 Å². The normalized spacial score (nSPS) is 23.9. The van der Waals surface area contributed by atoms with Gasteiger partial charge >= 0.3 is 0 Å². The van der Waals surface area contributed by atoms with Gasteiger partial charge in [-0.25, -0.2) is 0 Å². The molecule has 0 aliphatic heterocycles. The molecule has 3 atom stereocenters. The number of allylic oxidation sites excluding steroid dienone is 4. The fraction of sp³-hybridized carbons (Fsp3) is 0.519. The summed E-state index contributed by atoms with van der Waals surface area (Å²) in [5, 5.41) is 30.6. The highest BCUT2D eigenvalue weighted by molar-refractivity contribution is 5.60. The van der Waals surface area contributed by atoms with E-state index in [1.807, 2.05) is 32.0 Å². The van der Waals surface area contributed by atoms with Gasteiger partial charge in [-0.2, -0.15) is 15.8 Å². The largest absolute Gasteiger partial charge is 0.490 e. The molecule has 3 rings (SSSR count). The van der Waals surface area contributed by atoms with E-state index in [1.165, 1.54) is 0 Å². The number of hydrogen-bond acceptors (Lipinski definition) is 6. The Morgan fingerprint density at radius 1 is 1.06 bits per heavy atom. The molecule has 2 N–H and O–H groups in total. The second kappa shape index (κ2) is 9.21. The molecule has 2 aliphatic rings. The van der Waals surface area contributed by atoms with Gasteiger partial charge in [0, 0.05) is 5.92 Å². The van der Waals surface area contributed by atoms with Crippen molar-refractivity contribution in [2.75, 3.05) is 13.2 Å². The Morgan fingerprint density at radius 3 is 2.24 bits per heavy atom. The van der Waals surface area contributed by atoms with Gasteiger partial charge < -0.3 is 15.2 Å². The van der Waals surface area contributed by atoms with Gasteiger partial charge in [0.1, 0.15) is 6.07 Å². The number of nitriles is 3. The highest BCUT2D eigenvalue weighted by atomic mass is 16.5. The molecule has 0 saturated heterocycles. The van der Waals surface area contributed by atoms with Gasteiger partial charge in [0.15, 0.2) is 16.9 Å². The van der Waals surface area contributed by atoms with Crippen molar-refractivity contribution in [2.24, 2.45) is 28.4 Å². The van der Waals surface area contributed by atoms with Crippen LogP contribution in [-0.2, 0) is 0 Å². The fourth-order valence-electron chi connectivity index (χ4n) is 5.24. The summed E-state index contributed by atoms with van der Waals surface area (Å²) in [6.07, 6.45) is 3.69. The van der Waals surface area contributed by atoms with E-state index in [2.05, 4.69) is 45.1 Å². The topological polar surface area (TPSA) is 116 Å². The van der Waals surface area contributed by atoms with Gasteiger partial charge in [-0.05, 0) is 67.2 Å². The van der Waals surface area contributed by atoms with Crippen LogP contribution in [0.1, 0.15) is 58.9 Å². The number of nitrogens with zero attached hydrogens (tertiary/aromatic N) is 3. The van der Waals surface area contributed by atoms with Gasteiger partial charge in [0.2, 0.25) is 0 Å². The number of ether oxygens (including phenoxy) is 2. The SMILES string of the molecule is CCOc1ccc([C@@H]2[C@H]3C[C@H](C(C)(C)C)CC=C3C(C#N)=C(N)C2(C#N)C#N)cc1OCC. The van der Waals surface area contributed by atoms with Crippen LogP contribution in [0.25, 0.3) is 0 Å². The van der Waals surface area contributed by atoms with Gasteiger partial charge in [0.05, 0.1) is 36.6 Å². The summed E-state index contributed by atoms with van der Waals surface area (Å²) in [5.74, 6) is 0.820. The predicted molar refractivity (Wildman–Crippen MR) is 126 cm³/mol. The first-order valence-corrected chi connectivity index (χ1v) is 11.5. The van der Waals surface area contributed by atoms with Crippen LogP contribution in [0.2, 0.25) is 0 Å². The first-order chi connectivity index (χ1) is 15.7. The Morgan fingerprint density at radius 2 is 1.70 bits per heavy atom. The molecule has 0 fully saturated rings. The first-order valence-electron chi connectivity index (χ1n) is 11.5. The standard InChI is InChI=1S/C27H32N4O2/c1-6-32-22-11-8-17(12-23(22)33-7-2)24-20-13-18(26(3,4)5)9-10-19(20)21(14-28)25(31)27(24,15-29)16-30/h8,10-12,18,20,24H,6-7,9,13,31H2,1-5H3/t18-,20+,24-/m1/s1. The summed E-state index contributed by atoms with van der Waals surface area (Å²) in [4.78, 5) is 0. The minimum atomic E-state index is -1.65. The molecule has 1 aromatic carbocycles. The van der Waals surface area contributed by atoms with Crippen LogP contribution in [0.4, 0.5) is 0 Å². The van der Waals surface area contributed by atoms with Crippen molar-refractivity contribution in [3.8, 4) is 29.7 Å². The fourth-order valence-corrected chi connectivity index (χ4v) is 5.24. The molecule has 6 nitrogen and oxygen atoms in total. The van der Waals surface area contributed by atoms with Crippen molar-refractivity contribution in [1.82, 2.24) is 0 Å².